The van der Waals surface area contributed by atoms with E-state index in [4.69, 9.17) is 4.74 Å². The van der Waals surface area contributed by atoms with E-state index in [9.17, 15) is 22.8 Å². The number of hydrogen-bond acceptors (Lipinski definition) is 3. The number of carbonyl (C=O) groups is 2. The summed E-state index contributed by atoms with van der Waals surface area (Å²) in [6, 6.07) is 8.94. The first-order chi connectivity index (χ1) is 16.4. The fraction of sp³-hybridized carbons (Fsp3) is 0.462. The van der Waals surface area contributed by atoms with Crippen molar-refractivity contribution in [2.24, 2.45) is 5.41 Å². The molecule has 2 saturated heterocycles. The molecule has 2 amide bonds. The largest absolute Gasteiger partial charge is 0.493 e. The fourth-order valence-electron chi connectivity index (χ4n) is 4.90. The maximum absolute atomic E-state index is 14.3. The third-order valence-corrected chi connectivity index (χ3v) is 6.72. The highest BCUT2D eigenvalue weighted by Crippen LogP contribution is 2.36. The lowest BCUT2D eigenvalue weighted by Gasteiger charge is -2.43. The van der Waals surface area contributed by atoms with Gasteiger partial charge in [0.2, 0.25) is 5.91 Å². The van der Waals surface area contributed by atoms with Crippen molar-refractivity contribution >= 4 is 11.8 Å². The number of hydrogen-bond donors (Lipinski definition) is 0. The summed E-state index contributed by atoms with van der Waals surface area (Å²) in [7, 11) is 0. The molecule has 0 radical (unpaired) electrons. The number of halogens is 3. The Morgan fingerprint density at radius 1 is 0.853 bits per heavy atom. The molecule has 34 heavy (non-hydrogen) atoms. The van der Waals surface area contributed by atoms with Crippen LogP contribution < -0.4 is 4.74 Å². The molecular weight excluding hydrogens is 445 g/mol. The monoisotopic (exact) mass is 474 g/mol. The molecule has 182 valence electrons. The van der Waals surface area contributed by atoms with Crippen LogP contribution in [0.3, 0.4) is 0 Å². The Bertz CT molecular complexity index is 1000. The Morgan fingerprint density at radius 3 is 2.18 bits per heavy atom. The summed E-state index contributed by atoms with van der Waals surface area (Å²) < 4.78 is 47.8. The number of nitrogens with zero attached hydrogens (tertiary/aromatic N) is 2. The van der Waals surface area contributed by atoms with Crippen LogP contribution in [0, 0.1) is 22.9 Å². The maximum Gasteiger partial charge on any atom is 0.259 e. The van der Waals surface area contributed by atoms with Gasteiger partial charge in [0.25, 0.3) is 5.91 Å². The molecule has 2 aliphatic rings. The van der Waals surface area contributed by atoms with Gasteiger partial charge in [0.15, 0.2) is 0 Å². The molecule has 0 aromatic heterocycles. The van der Waals surface area contributed by atoms with Gasteiger partial charge in [-0.15, -0.1) is 0 Å². The summed E-state index contributed by atoms with van der Waals surface area (Å²) in [5.74, 6) is -2.49. The highest BCUT2D eigenvalue weighted by molar-refractivity contribution is 5.95. The summed E-state index contributed by atoms with van der Waals surface area (Å²) in [5.41, 5.74) is -1.31. The third-order valence-electron chi connectivity index (χ3n) is 6.72. The molecule has 5 nitrogen and oxygen atoms in total. The molecule has 2 aromatic carbocycles. The molecule has 0 saturated carbocycles. The number of likely N-dealkylation sites (tertiary alicyclic amines) is 2. The van der Waals surface area contributed by atoms with Gasteiger partial charge in [0.1, 0.15) is 28.8 Å². The molecule has 8 heteroatoms. The second-order valence-electron chi connectivity index (χ2n) is 9.29. The van der Waals surface area contributed by atoms with Crippen molar-refractivity contribution in [3.05, 3.63) is 65.5 Å². The van der Waals surface area contributed by atoms with E-state index in [0.29, 0.717) is 38.2 Å². The Balaban J connectivity index is 1.56. The third kappa shape index (κ3) is 5.54. The molecule has 0 N–H and O–H groups in total. The average Bonchev–Trinajstić information content (AvgIpc) is 2.84. The van der Waals surface area contributed by atoms with E-state index in [1.807, 2.05) is 4.90 Å². The molecule has 0 spiro atoms. The van der Waals surface area contributed by atoms with Gasteiger partial charge in [0, 0.05) is 38.0 Å². The van der Waals surface area contributed by atoms with E-state index >= 15 is 0 Å². The Kier molecular flexibility index (Phi) is 7.44. The predicted octanol–water partition coefficient (Wildman–Crippen LogP) is 4.81. The predicted molar refractivity (Wildman–Crippen MR) is 121 cm³/mol. The zero-order valence-electron chi connectivity index (χ0n) is 19.1. The number of carbonyl (C=O) groups excluding carboxylic acids is 2. The van der Waals surface area contributed by atoms with E-state index in [-0.39, 0.29) is 31.3 Å². The molecule has 1 atom stereocenters. The number of ether oxygens (including phenoxy) is 1. The number of benzene rings is 2. The van der Waals surface area contributed by atoms with Crippen LogP contribution >= 0.6 is 0 Å². The summed E-state index contributed by atoms with van der Waals surface area (Å²) >= 11 is 0. The van der Waals surface area contributed by atoms with Gasteiger partial charge in [-0.05, 0) is 68.5 Å². The van der Waals surface area contributed by atoms with E-state index in [1.54, 1.807) is 0 Å². The van der Waals surface area contributed by atoms with Crippen LogP contribution in [-0.2, 0) is 4.79 Å². The normalized spacial score (nSPS) is 20.8. The van der Waals surface area contributed by atoms with Crippen molar-refractivity contribution < 1.29 is 27.5 Å². The van der Waals surface area contributed by atoms with Gasteiger partial charge in [0.05, 0.1) is 6.61 Å². The highest BCUT2D eigenvalue weighted by Gasteiger charge is 2.42. The van der Waals surface area contributed by atoms with Gasteiger partial charge in [-0.1, -0.05) is 6.07 Å². The Morgan fingerprint density at radius 2 is 1.50 bits per heavy atom. The quantitative estimate of drug-likeness (QED) is 0.604. The summed E-state index contributed by atoms with van der Waals surface area (Å²) in [4.78, 5) is 29.5. The fourth-order valence-corrected chi connectivity index (χ4v) is 4.90. The maximum atomic E-state index is 14.3. The van der Waals surface area contributed by atoms with Crippen LogP contribution in [0.15, 0.2) is 42.5 Å². The van der Waals surface area contributed by atoms with Crippen LogP contribution in [0.4, 0.5) is 13.2 Å². The van der Waals surface area contributed by atoms with Crippen LogP contribution in [0.5, 0.6) is 5.75 Å². The summed E-state index contributed by atoms with van der Waals surface area (Å²) in [5, 5.41) is 0. The van der Waals surface area contributed by atoms with Crippen molar-refractivity contribution in [1.29, 1.82) is 0 Å². The molecule has 2 heterocycles. The lowest BCUT2D eigenvalue weighted by molar-refractivity contribution is -0.136. The van der Waals surface area contributed by atoms with Crippen molar-refractivity contribution in [1.82, 2.24) is 9.80 Å². The summed E-state index contributed by atoms with van der Waals surface area (Å²) in [6.45, 7) is 2.01. The first kappa shape index (κ1) is 24.1. The van der Waals surface area contributed by atoms with E-state index in [2.05, 4.69) is 0 Å². The van der Waals surface area contributed by atoms with Crippen LogP contribution in [0.1, 0.15) is 48.9 Å². The Labute approximate surface area is 197 Å². The first-order valence-corrected chi connectivity index (χ1v) is 11.8. The molecule has 0 aliphatic carbocycles. The van der Waals surface area contributed by atoms with Gasteiger partial charge < -0.3 is 14.5 Å². The lowest BCUT2D eigenvalue weighted by Crippen LogP contribution is -2.51. The van der Waals surface area contributed by atoms with Crippen LogP contribution in [0.25, 0.3) is 0 Å². The second kappa shape index (κ2) is 10.5. The van der Waals surface area contributed by atoms with Gasteiger partial charge in [-0.3, -0.25) is 9.59 Å². The second-order valence-corrected chi connectivity index (χ2v) is 9.29. The van der Waals surface area contributed by atoms with E-state index in [0.717, 1.165) is 31.4 Å². The molecule has 0 bridgehead atoms. The minimum absolute atomic E-state index is 0.00576. The molecule has 2 fully saturated rings. The molecule has 1 unspecified atom stereocenters. The zero-order valence-corrected chi connectivity index (χ0v) is 19.1. The van der Waals surface area contributed by atoms with Crippen molar-refractivity contribution in [3.63, 3.8) is 0 Å². The number of piperidine rings is 2. The first-order valence-electron chi connectivity index (χ1n) is 11.8. The standard InChI is InChI=1S/C26H29F3N2O3/c27-19-8-10-20(11-9-19)34-18-26(16-23(32)30-13-2-1-3-14-30)12-5-15-31(17-26)25(33)24-21(28)6-4-7-22(24)29/h4,6-11H,1-3,5,12-18H2. The van der Waals surface area contributed by atoms with Gasteiger partial charge >= 0.3 is 0 Å². The number of rotatable bonds is 6. The smallest absolute Gasteiger partial charge is 0.259 e. The SMILES string of the molecule is O=C(CC1(COc2ccc(F)cc2)CCCN(C(=O)c2c(F)cccc2F)C1)N1CCCCC1. The summed E-state index contributed by atoms with van der Waals surface area (Å²) in [6.07, 6.45) is 4.37. The zero-order chi connectivity index (χ0) is 24.1. The minimum Gasteiger partial charge on any atom is -0.493 e. The molecule has 2 aromatic rings. The highest BCUT2D eigenvalue weighted by atomic mass is 19.1. The van der Waals surface area contributed by atoms with Crippen LogP contribution in [0.2, 0.25) is 0 Å². The average molecular weight is 475 g/mol. The van der Waals surface area contributed by atoms with Crippen molar-refractivity contribution in [3.8, 4) is 5.75 Å². The molecule has 4 rings (SSSR count). The lowest BCUT2D eigenvalue weighted by atomic mass is 9.77. The Hall–Kier alpha value is -3.03. The van der Waals surface area contributed by atoms with E-state index in [1.165, 1.54) is 35.2 Å². The topological polar surface area (TPSA) is 49.9 Å². The molecular formula is C26H29F3N2O3. The van der Waals surface area contributed by atoms with E-state index < -0.39 is 28.5 Å². The van der Waals surface area contributed by atoms with Gasteiger partial charge in [-0.25, -0.2) is 13.2 Å². The van der Waals surface area contributed by atoms with Crippen molar-refractivity contribution in [2.75, 3.05) is 32.8 Å². The number of amides is 2. The minimum atomic E-state index is -0.909. The van der Waals surface area contributed by atoms with Crippen molar-refractivity contribution in [2.45, 2.75) is 38.5 Å². The molecule has 2 aliphatic heterocycles. The van der Waals surface area contributed by atoms with Gasteiger partial charge in [-0.2, -0.15) is 0 Å². The van der Waals surface area contributed by atoms with Crippen LogP contribution in [-0.4, -0.2) is 54.4 Å².